The molecule has 1 unspecified atom stereocenters. The van der Waals surface area contributed by atoms with Crippen molar-refractivity contribution >= 4 is 5.96 Å². The summed E-state index contributed by atoms with van der Waals surface area (Å²) in [6, 6.07) is 8.90. The van der Waals surface area contributed by atoms with Crippen LogP contribution in [-0.4, -0.2) is 97.4 Å². The van der Waals surface area contributed by atoms with Crippen LogP contribution in [0.3, 0.4) is 0 Å². The Morgan fingerprint density at radius 2 is 1.72 bits per heavy atom. The first-order chi connectivity index (χ1) is 15.7. The number of aliphatic imine (C=N–C) groups is 1. The molecule has 3 aliphatic rings. The Kier molecular flexibility index (Phi) is 8.79. The van der Waals surface area contributed by atoms with Crippen molar-refractivity contribution in [2.24, 2.45) is 10.9 Å². The molecule has 0 aromatic heterocycles. The Hall–Kier alpha value is -1.67. The molecule has 0 amide bonds. The highest BCUT2D eigenvalue weighted by molar-refractivity contribution is 5.80. The van der Waals surface area contributed by atoms with Gasteiger partial charge in [-0.05, 0) is 43.2 Å². The fourth-order valence-corrected chi connectivity index (χ4v) is 5.00. The molecule has 0 spiro atoms. The predicted molar refractivity (Wildman–Crippen MR) is 129 cm³/mol. The van der Waals surface area contributed by atoms with E-state index in [1.807, 2.05) is 0 Å². The molecule has 1 aromatic carbocycles. The number of guanidine groups is 1. The van der Waals surface area contributed by atoms with Gasteiger partial charge in [0.15, 0.2) is 5.96 Å². The zero-order valence-corrected chi connectivity index (χ0v) is 19.7. The van der Waals surface area contributed by atoms with E-state index in [2.05, 4.69) is 51.2 Å². The molecule has 2 N–H and O–H groups in total. The van der Waals surface area contributed by atoms with Gasteiger partial charge in [0.05, 0.1) is 25.9 Å². The van der Waals surface area contributed by atoms with Crippen LogP contribution in [-0.2, 0) is 17.8 Å². The number of likely N-dealkylation sites (tertiary alicyclic amines) is 2. The fourth-order valence-electron chi connectivity index (χ4n) is 5.00. The van der Waals surface area contributed by atoms with Gasteiger partial charge in [-0.1, -0.05) is 24.3 Å². The molecular formula is C25H41N5O2. The second kappa shape index (κ2) is 12.0. The molecular weight excluding hydrogens is 402 g/mol. The van der Waals surface area contributed by atoms with Crippen LogP contribution < -0.4 is 5.32 Å². The monoisotopic (exact) mass is 443 g/mol. The van der Waals surface area contributed by atoms with Crippen molar-refractivity contribution < 1.29 is 9.84 Å². The number of aliphatic hydroxyl groups is 1. The average molecular weight is 444 g/mol. The average Bonchev–Trinajstić information content (AvgIpc) is 3.28. The van der Waals surface area contributed by atoms with Crippen LogP contribution in [0.5, 0.6) is 0 Å². The third-order valence-electron chi connectivity index (χ3n) is 6.94. The number of benzene rings is 1. The number of piperidine rings is 1. The number of hydrogen-bond acceptors (Lipinski definition) is 5. The minimum absolute atomic E-state index is 0.109. The number of nitrogens with zero attached hydrogens (tertiary/aromatic N) is 4. The topological polar surface area (TPSA) is 63.6 Å². The first-order valence-corrected chi connectivity index (χ1v) is 12.5. The summed E-state index contributed by atoms with van der Waals surface area (Å²) in [5, 5.41) is 13.2. The van der Waals surface area contributed by atoms with Gasteiger partial charge in [0.25, 0.3) is 0 Å². The molecule has 7 heteroatoms. The smallest absolute Gasteiger partial charge is 0.194 e. The van der Waals surface area contributed by atoms with E-state index in [-0.39, 0.29) is 6.10 Å². The summed E-state index contributed by atoms with van der Waals surface area (Å²) < 4.78 is 5.49. The highest BCUT2D eigenvalue weighted by Crippen LogP contribution is 2.19. The number of ether oxygens (including phenoxy) is 1. The van der Waals surface area contributed by atoms with Crippen LogP contribution in [0.15, 0.2) is 29.3 Å². The molecule has 4 rings (SSSR count). The summed E-state index contributed by atoms with van der Waals surface area (Å²) in [6.07, 6.45) is 2.92. The largest absolute Gasteiger partial charge is 0.393 e. The van der Waals surface area contributed by atoms with Gasteiger partial charge in [-0.2, -0.15) is 0 Å². The lowest BCUT2D eigenvalue weighted by Crippen LogP contribution is -2.42. The summed E-state index contributed by atoms with van der Waals surface area (Å²) in [7, 11) is 0. The lowest BCUT2D eigenvalue weighted by molar-refractivity contribution is 0.0315. The molecule has 7 nitrogen and oxygen atoms in total. The molecule has 32 heavy (non-hydrogen) atoms. The quantitative estimate of drug-likeness (QED) is 0.495. The molecule has 3 saturated heterocycles. The lowest BCUT2D eigenvalue weighted by Gasteiger charge is -2.29. The maximum Gasteiger partial charge on any atom is 0.194 e. The Balaban J connectivity index is 1.27. The molecule has 1 atom stereocenters. The Labute approximate surface area is 193 Å². The predicted octanol–water partition coefficient (Wildman–Crippen LogP) is 1.76. The molecule has 0 bridgehead atoms. The number of hydrogen-bond donors (Lipinski definition) is 2. The number of morpholine rings is 1. The van der Waals surface area contributed by atoms with E-state index >= 15 is 0 Å². The second-order valence-corrected chi connectivity index (χ2v) is 9.51. The first-order valence-electron chi connectivity index (χ1n) is 12.5. The summed E-state index contributed by atoms with van der Waals surface area (Å²) in [4.78, 5) is 12.4. The summed E-state index contributed by atoms with van der Waals surface area (Å²) in [5.41, 5.74) is 2.59. The van der Waals surface area contributed by atoms with Gasteiger partial charge in [-0.15, -0.1) is 0 Å². The molecule has 0 saturated carbocycles. The van der Waals surface area contributed by atoms with Crippen molar-refractivity contribution in [3.63, 3.8) is 0 Å². The van der Waals surface area contributed by atoms with E-state index in [1.165, 1.54) is 24.1 Å². The third kappa shape index (κ3) is 6.91. The van der Waals surface area contributed by atoms with E-state index < -0.39 is 0 Å². The summed E-state index contributed by atoms with van der Waals surface area (Å²) in [6.45, 7) is 13.9. The standard InChI is InChI=1S/C25H41N5O2/c1-2-26-25(30-12-7-23(20-30)19-29-13-15-32-16-14-29)27-17-21-3-5-22(6-4-21)18-28-10-8-24(31)9-11-28/h3-6,23-24,31H,2,7-20H2,1H3,(H,26,27). The van der Waals surface area contributed by atoms with Crippen molar-refractivity contribution in [1.82, 2.24) is 20.0 Å². The van der Waals surface area contributed by atoms with Gasteiger partial charge < -0.3 is 20.1 Å². The Bertz CT molecular complexity index is 712. The van der Waals surface area contributed by atoms with Crippen LogP contribution in [0.2, 0.25) is 0 Å². The number of aliphatic hydroxyl groups excluding tert-OH is 1. The van der Waals surface area contributed by atoms with E-state index in [4.69, 9.17) is 9.73 Å². The highest BCUT2D eigenvalue weighted by atomic mass is 16.5. The minimum Gasteiger partial charge on any atom is -0.393 e. The van der Waals surface area contributed by atoms with E-state index in [0.29, 0.717) is 12.5 Å². The van der Waals surface area contributed by atoms with Gasteiger partial charge >= 0.3 is 0 Å². The Morgan fingerprint density at radius 3 is 2.44 bits per heavy atom. The van der Waals surface area contributed by atoms with Gasteiger partial charge in [-0.3, -0.25) is 9.80 Å². The molecule has 178 valence electrons. The normalized spacial score (nSPS) is 24.2. The second-order valence-electron chi connectivity index (χ2n) is 9.51. The van der Waals surface area contributed by atoms with Crippen LogP contribution in [0.4, 0.5) is 0 Å². The molecule has 3 aliphatic heterocycles. The van der Waals surface area contributed by atoms with Crippen LogP contribution in [0, 0.1) is 5.92 Å². The number of rotatable bonds is 7. The van der Waals surface area contributed by atoms with Crippen LogP contribution in [0.25, 0.3) is 0 Å². The third-order valence-corrected chi connectivity index (χ3v) is 6.94. The Morgan fingerprint density at radius 1 is 1.00 bits per heavy atom. The number of nitrogens with one attached hydrogen (secondary N) is 1. The summed E-state index contributed by atoms with van der Waals surface area (Å²) in [5.74, 6) is 1.76. The van der Waals surface area contributed by atoms with Crippen LogP contribution >= 0.6 is 0 Å². The maximum atomic E-state index is 9.68. The zero-order chi connectivity index (χ0) is 22.2. The fraction of sp³-hybridized carbons (Fsp3) is 0.720. The van der Waals surface area contributed by atoms with E-state index in [0.717, 1.165) is 84.4 Å². The highest BCUT2D eigenvalue weighted by Gasteiger charge is 2.27. The van der Waals surface area contributed by atoms with Crippen molar-refractivity contribution in [2.45, 2.75) is 45.4 Å². The maximum absolute atomic E-state index is 9.68. The molecule has 0 aliphatic carbocycles. The molecule has 3 heterocycles. The minimum atomic E-state index is -0.109. The lowest BCUT2D eigenvalue weighted by atomic mass is 10.1. The van der Waals surface area contributed by atoms with Crippen molar-refractivity contribution in [2.75, 3.05) is 65.6 Å². The van der Waals surface area contributed by atoms with E-state index in [1.54, 1.807) is 0 Å². The molecule has 1 aromatic rings. The van der Waals surface area contributed by atoms with Crippen molar-refractivity contribution in [3.05, 3.63) is 35.4 Å². The molecule has 3 fully saturated rings. The SMILES string of the molecule is CCNC(=NCc1ccc(CN2CCC(O)CC2)cc1)N1CCC(CN2CCOCC2)C1. The van der Waals surface area contributed by atoms with Gasteiger partial charge in [0, 0.05) is 58.9 Å². The van der Waals surface area contributed by atoms with Gasteiger partial charge in [0.1, 0.15) is 0 Å². The summed E-state index contributed by atoms with van der Waals surface area (Å²) >= 11 is 0. The van der Waals surface area contributed by atoms with Crippen molar-refractivity contribution in [3.8, 4) is 0 Å². The van der Waals surface area contributed by atoms with Gasteiger partial charge in [-0.25, -0.2) is 4.99 Å². The zero-order valence-electron chi connectivity index (χ0n) is 19.7. The van der Waals surface area contributed by atoms with Gasteiger partial charge in [0.2, 0.25) is 0 Å². The molecule has 0 radical (unpaired) electrons. The van der Waals surface area contributed by atoms with E-state index in [9.17, 15) is 5.11 Å². The first kappa shape index (κ1) is 23.5. The van der Waals surface area contributed by atoms with Crippen LogP contribution in [0.1, 0.15) is 37.3 Å². The van der Waals surface area contributed by atoms with Crippen molar-refractivity contribution in [1.29, 1.82) is 0 Å².